The van der Waals surface area contributed by atoms with Crippen molar-refractivity contribution in [1.29, 1.82) is 0 Å². The van der Waals surface area contributed by atoms with E-state index in [0.29, 0.717) is 6.04 Å². The number of hydrogen-bond donors (Lipinski definition) is 1. The molecule has 0 saturated carbocycles. The lowest BCUT2D eigenvalue weighted by Crippen LogP contribution is -2.47. The van der Waals surface area contributed by atoms with Crippen LogP contribution in [0, 0.1) is 0 Å². The van der Waals surface area contributed by atoms with E-state index >= 15 is 0 Å². The molecule has 2 saturated heterocycles. The summed E-state index contributed by atoms with van der Waals surface area (Å²) in [6, 6.07) is 0.589. The van der Waals surface area contributed by atoms with Crippen LogP contribution in [0.4, 0.5) is 0 Å². The Hall–Kier alpha value is -0.390. The molecule has 0 radical (unpaired) electrons. The minimum absolute atomic E-state index is 0.589. The van der Waals surface area contributed by atoms with Gasteiger partial charge in [-0.2, -0.15) is 0 Å². The molecule has 0 spiro atoms. The van der Waals surface area contributed by atoms with Gasteiger partial charge in [-0.05, 0) is 32.0 Å². The van der Waals surface area contributed by atoms with Crippen molar-refractivity contribution >= 4 is 17.3 Å². The van der Waals surface area contributed by atoms with Crippen LogP contribution in [0.15, 0.2) is 0 Å². The smallest absolute Gasteiger partial charge is 0.169 e. The summed E-state index contributed by atoms with van der Waals surface area (Å²) >= 11 is 5.55. The average molecular weight is 285 g/mol. The predicted octanol–water partition coefficient (Wildman–Crippen LogP) is 1.46. The van der Waals surface area contributed by atoms with Crippen LogP contribution >= 0.6 is 12.2 Å². The van der Waals surface area contributed by atoms with Gasteiger partial charge < -0.3 is 15.0 Å². The Bertz CT molecular complexity index is 282. The van der Waals surface area contributed by atoms with Crippen molar-refractivity contribution < 1.29 is 4.74 Å². The van der Waals surface area contributed by atoms with Gasteiger partial charge in [-0.3, -0.25) is 4.90 Å². The third-order valence-electron chi connectivity index (χ3n) is 4.12. The minimum atomic E-state index is 0.589. The van der Waals surface area contributed by atoms with Gasteiger partial charge in [-0.1, -0.05) is 12.8 Å². The Kier molecular flexibility index (Phi) is 6.34. The van der Waals surface area contributed by atoms with Crippen molar-refractivity contribution in [3.8, 4) is 0 Å². The average Bonchev–Trinajstić information content (AvgIpc) is 2.64. The molecule has 1 N–H and O–H groups in total. The predicted molar refractivity (Wildman–Crippen MR) is 82.5 cm³/mol. The lowest BCUT2D eigenvalue weighted by Gasteiger charge is -2.31. The minimum Gasteiger partial charge on any atom is -0.379 e. The first-order chi connectivity index (χ1) is 9.27. The highest BCUT2D eigenvalue weighted by Gasteiger charge is 2.19. The molecule has 1 atom stereocenters. The standard InChI is InChI=1S/C14H27N3OS/c1-13-5-3-2-4-7-17(13)14(19)15-6-8-16-9-11-18-12-10-16/h13H,2-12H2,1H3,(H,15,19). The van der Waals surface area contributed by atoms with Crippen LogP contribution in [0.3, 0.4) is 0 Å². The summed E-state index contributed by atoms with van der Waals surface area (Å²) in [5.41, 5.74) is 0. The second-order valence-electron chi connectivity index (χ2n) is 5.58. The molecular weight excluding hydrogens is 258 g/mol. The third-order valence-corrected chi connectivity index (χ3v) is 4.50. The molecule has 2 rings (SSSR count). The van der Waals surface area contributed by atoms with Gasteiger partial charge >= 0.3 is 0 Å². The maximum absolute atomic E-state index is 5.55. The quantitative estimate of drug-likeness (QED) is 0.793. The molecule has 2 aliphatic rings. The van der Waals surface area contributed by atoms with E-state index in [2.05, 4.69) is 22.0 Å². The first kappa shape index (κ1) is 15.0. The van der Waals surface area contributed by atoms with Crippen molar-refractivity contribution in [3.63, 3.8) is 0 Å². The summed E-state index contributed by atoms with van der Waals surface area (Å²) < 4.78 is 5.35. The lowest BCUT2D eigenvalue weighted by atomic mass is 10.1. The van der Waals surface area contributed by atoms with E-state index in [1.54, 1.807) is 0 Å². The van der Waals surface area contributed by atoms with Crippen molar-refractivity contribution in [2.75, 3.05) is 45.9 Å². The number of thiocarbonyl (C=S) groups is 1. The Morgan fingerprint density at radius 1 is 1.21 bits per heavy atom. The molecule has 110 valence electrons. The number of rotatable bonds is 3. The van der Waals surface area contributed by atoms with Gasteiger partial charge in [0.25, 0.3) is 0 Å². The van der Waals surface area contributed by atoms with E-state index in [1.165, 1.54) is 25.7 Å². The zero-order valence-electron chi connectivity index (χ0n) is 12.1. The highest BCUT2D eigenvalue weighted by Crippen LogP contribution is 2.16. The summed E-state index contributed by atoms with van der Waals surface area (Å²) in [5, 5.41) is 4.38. The molecule has 4 nitrogen and oxygen atoms in total. The molecule has 2 fully saturated rings. The van der Waals surface area contributed by atoms with E-state index in [-0.39, 0.29) is 0 Å². The zero-order valence-corrected chi connectivity index (χ0v) is 12.9. The van der Waals surface area contributed by atoms with Gasteiger partial charge in [0.2, 0.25) is 0 Å². The second kappa shape index (κ2) is 8.02. The number of hydrogen-bond acceptors (Lipinski definition) is 3. The van der Waals surface area contributed by atoms with Crippen LogP contribution < -0.4 is 5.32 Å². The maximum atomic E-state index is 5.55. The van der Waals surface area contributed by atoms with Gasteiger partial charge in [0, 0.05) is 38.8 Å². The molecule has 0 aromatic carbocycles. The third kappa shape index (κ3) is 4.89. The van der Waals surface area contributed by atoms with Gasteiger partial charge in [-0.15, -0.1) is 0 Å². The van der Waals surface area contributed by atoms with Gasteiger partial charge in [0.1, 0.15) is 0 Å². The van der Waals surface area contributed by atoms with E-state index in [0.717, 1.165) is 51.0 Å². The number of morpholine rings is 1. The lowest BCUT2D eigenvalue weighted by molar-refractivity contribution is 0.0388. The summed E-state index contributed by atoms with van der Waals surface area (Å²) in [7, 11) is 0. The van der Waals surface area contributed by atoms with Crippen LogP contribution in [0.2, 0.25) is 0 Å². The van der Waals surface area contributed by atoms with Gasteiger partial charge in [-0.25, -0.2) is 0 Å². The molecule has 0 aliphatic carbocycles. The molecule has 0 aromatic heterocycles. The fourth-order valence-electron chi connectivity index (χ4n) is 2.82. The first-order valence-corrected chi connectivity index (χ1v) is 8.03. The molecule has 2 aliphatic heterocycles. The summed E-state index contributed by atoms with van der Waals surface area (Å²) in [4.78, 5) is 4.81. The summed E-state index contributed by atoms with van der Waals surface area (Å²) in [6.07, 6.45) is 5.23. The molecule has 0 aromatic rings. The number of likely N-dealkylation sites (tertiary alicyclic amines) is 1. The van der Waals surface area contributed by atoms with Crippen LogP contribution in [0.5, 0.6) is 0 Å². The zero-order chi connectivity index (χ0) is 13.5. The van der Waals surface area contributed by atoms with Crippen molar-refractivity contribution in [2.24, 2.45) is 0 Å². The Morgan fingerprint density at radius 3 is 2.79 bits per heavy atom. The first-order valence-electron chi connectivity index (χ1n) is 7.62. The molecule has 0 amide bonds. The molecule has 5 heteroatoms. The Morgan fingerprint density at radius 2 is 2.00 bits per heavy atom. The fraction of sp³-hybridized carbons (Fsp3) is 0.929. The summed E-state index contributed by atoms with van der Waals surface area (Å²) in [6.45, 7) is 9.25. The topological polar surface area (TPSA) is 27.7 Å². The molecule has 2 heterocycles. The molecule has 0 bridgehead atoms. The van der Waals surface area contributed by atoms with Crippen LogP contribution in [-0.2, 0) is 4.74 Å². The van der Waals surface area contributed by atoms with Crippen molar-refractivity contribution in [2.45, 2.75) is 38.6 Å². The van der Waals surface area contributed by atoms with Crippen LogP contribution in [-0.4, -0.2) is 66.9 Å². The van der Waals surface area contributed by atoms with Crippen molar-refractivity contribution in [3.05, 3.63) is 0 Å². The largest absolute Gasteiger partial charge is 0.379 e. The Balaban J connectivity index is 1.67. The van der Waals surface area contributed by atoms with E-state index in [4.69, 9.17) is 17.0 Å². The SMILES string of the molecule is CC1CCCCCN1C(=S)NCCN1CCOCC1. The molecular formula is C14H27N3OS. The van der Waals surface area contributed by atoms with E-state index in [9.17, 15) is 0 Å². The number of ether oxygens (including phenoxy) is 1. The fourth-order valence-corrected chi connectivity index (χ4v) is 3.20. The van der Waals surface area contributed by atoms with Crippen LogP contribution in [0.25, 0.3) is 0 Å². The molecule has 1 unspecified atom stereocenters. The van der Waals surface area contributed by atoms with Gasteiger partial charge in [0.15, 0.2) is 5.11 Å². The monoisotopic (exact) mass is 285 g/mol. The highest BCUT2D eigenvalue weighted by atomic mass is 32.1. The number of nitrogens with one attached hydrogen (secondary N) is 1. The van der Waals surface area contributed by atoms with E-state index < -0.39 is 0 Å². The maximum Gasteiger partial charge on any atom is 0.169 e. The number of nitrogens with zero attached hydrogens (tertiary/aromatic N) is 2. The second-order valence-corrected chi connectivity index (χ2v) is 5.96. The Labute approximate surface area is 122 Å². The normalized spacial score (nSPS) is 25.9. The van der Waals surface area contributed by atoms with Gasteiger partial charge in [0.05, 0.1) is 13.2 Å². The highest BCUT2D eigenvalue weighted by molar-refractivity contribution is 7.80. The molecule has 19 heavy (non-hydrogen) atoms. The van der Waals surface area contributed by atoms with Crippen LogP contribution in [0.1, 0.15) is 32.6 Å². The van der Waals surface area contributed by atoms with E-state index in [1.807, 2.05) is 0 Å². The summed E-state index contributed by atoms with van der Waals surface area (Å²) in [5.74, 6) is 0. The van der Waals surface area contributed by atoms with Crippen molar-refractivity contribution in [1.82, 2.24) is 15.1 Å².